The molecule has 1 aromatic heterocycles. The molecule has 1 aliphatic heterocycles. The standard InChI is InChI=1S/C25H20BrN3O3/c26-18-7-5-16(6-8-18)14-29-22-12-19(9-10-23(22)32-15-25(29)31)28-24(30)11-17-13-27-21-4-2-1-3-20(17)21/h1-10,12-13,27H,11,14-15H2,(H,28,30). The third kappa shape index (κ3) is 4.11. The Morgan fingerprint density at radius 2 is 1.91 bits per heavy atom. The molecular weight excluding hydrogens is 470 g/mol. The van der Waals surface area contributed by atoms with E-state index < -0.39 is 0 Å². The number of hydrogen-bond acceptors (Lipinski definition) is 3. The quantitative estimate of drug-likeness (QED) is 0.412. The Bertz CT molecular complexity index is 1310. The molecule has 4 aromatic rings. The number of hydrogen-bond donors (Lipinski definition) is 2. The number of halogens is 1. The van der Waals surface area contributed by atoms with Crippen LogP contribution in [-0.2, 0) is 22.6 Å². The van der Waals surface area contributed by atoms with Crippen molar-refractivity contribution in [3.8, 4) is 5.75 Å². The van der Waals surface area contributed by atoms with Crippen LogP contribution < -0.4 is 15.0 Å². The van der Waals surface area contributed by atoms with Gasteiger partial charge in [0.2, 0.25) is 5.91 Å². The summed E-state index contributed by atoms with van der Waals surface area (Å²) in [5.74, 6) is 0.372. The van der Waals surface area contributed by atoms with Crippen LogP contribution in [0.25, 0.3) is 10.9 Å². The number of benzene rings is 3. The number of rotatable bonds is 5. The van der Waals surface area contributed by atoms with Crippen LogP contribution in [0.15, 0.2) is 77.4 Å². The van der Waals surface area contributed by atoms with Gasteiger partial charge >= 0.3 is 0 Å². The summed E-state index contributed by atoms with van der Waals surface area (Å²) in [7, 11) is 0. The summed E-state index contributed by atoms with van der Waals surface area (Å²) in [4.78, 5) is 30.2. The van der Waals surface area contributed by atoms with Crippen molar-refractivity contribution in [2.45, 2.75) is 13.0 Å². The number of carbonyl (C=O) groups excluding carboxylic acids is 2. The van der Waals surface area contributed by atoms with Crippen LogP contribution in [0, 0.1) is 0 Å². The van der Waals surface area contributed by atoms with Crippen molar-refractivity contribution in [3.05, 3.63) is 88.5 Å². The molecule has 0 saturated heterocycles. The number of anilines is 2. The maximum atomic E-state index is 12.7. The predicted molar refractivity (Wildman–Crippen MR) is 128 cm³/mol. The van der Waals surface area contributed by atoms with Crippen LogP contribution in [0.1, 0.15) is 11.1 Å². The molecule has 7 heteroatoms. The lowest BCUT2D eigenvalue weighted by Crippen LogP contribution is -2.38. The average Bonchev–Trinajstić information content (AvgIpc) is 3.20. The van der Waals surface area contributed by atoms with E-state index in [2.05, 4.69) is 26.2 Å². The van der Waals surface area contributed by atoms with E-state index in [1.54, 1.807) is 23.1 Å². The molecule has 0 saturated carbocycles. The van der Waals surface area contributed by atoms with Gasteiger partial charge in [0.15, 0.2) is 6.61 Å². The van der Waals surface area contributed by atoms with Crippen LogP contribution in [0.3, 0.4) is 0 Å². The molecule has 0 fully saturated rings. The minimum absolute atomic E-state index is 0.00417. The molecule has 2 heterocycles. The SMILES string of the molecule is O=C(Cc1c[nH]c2ccccc12)Nc1ccc2c(c1)N(Cc1ccc(Br)cc1)C(=O)CO2. The Labute approximate surface area is 193 Å². The molecule has 0 aliphatic carbocycles. The molecule has 5 rings (SSSR count). The van der Waals surface area contributed by atoms with Crippen molar-refractivity contribution in [3.63, 3.8) is 0 Å². The summed E-state index contributed by atoms with van der Waals surface area (Å²) < 4.78 is 6.58. The minimum atomic E-state index is -0.128. The zero-order valence-electron chi connectivity index (χ0n) is 17.1. The molecule has 32 heavy (non-hydrogen) atoms. The van der Waals surface area contributed by atoms with Crippen LogP contribution in [0.2, 0.25) is 0 Å². The van der Waals surface area contributed by atoms with Gasteiger partial charge < -0.3 is 19.9 Å². The number of aromatic nitrogens is 1. The van der Waals surface area contributed by atoms with E-state index in [0.29, 0.717) is 23.7 Å². The second kappa shape index (κ2) is 8.51. The van der Waals surface area contributed by atoms with Crippen molar-refractivity contribution in [2.75, 3.05) is 16.8 Å². The second-order valence-corrected chi connectivity index (χ2v) is 8.58. The maximum absolute atomic E-state index is 12.7. The molecule has 0 radical (unpaired) electrons. The number of H-pyrrole nitrogens is 1. The van der Waals surface area contributed by atoms with Crippen molar-refractivity contribution in [1.82, 2.24) is 4.98 Å². The Kier molecular flexibility index (Phi) is 5.41. The predicted octanol–water partition coefficient (Wildman–Crippen LogP) is 5.04. The van der Waals surface area contributed by atoms with Crippen LogP contribution in [0.5, 0.6) is 5.75 Å². The Morgan fingerprint density at radius 1 is 1.09 bits per heavy atom. The summed E-state index contributed by atoms with van der Waals surface area (Å²) in [6.07, 6.45) is 2.11. The first-order valence-corrected chi connectivity index (χ1v) is 11.0. The third-order valence-corrected chi connectivity index (χ3v) is 5.99. The highest BCUT2D eigenvalue weighted by atomic mass is 79.9. The zero-order valence-corrected chi connectivity index (χ0v) is 18.7. The normalized spacial score (nSPS) is 13.0. The molecule has 2 N–H and O–H groups in total. The van der Waals surface area contributed by atoms with Gasteiger partial charge in [-0.05, 0) is 47.5 Å². The van der Waals surface area contributed by atoms with Gasteiger partial charge in [0, 0.05) is 27.3 Å². The van der Waals surface area contributed by atoms with Crippen molar-refractivity contribution < 1.29 is 14.3 Å². The Hall–Kier alpha value is -3.58. The summed E-state index contributed by atoms with van der Waals surface area (Å²) in [5.41, 5.74) is 4.21. The van der Waals surface area contributed by atoms with E-state index in [1.165, 1.54) is 0 Å². The molecule has 6 nitrogen and oxygen atoms in total. The van der Waals surface area contributed by atoms with Crippen molar-refractivity contribution >= 4 is 50.0 Å². The first-order chi connectivity index (χ1) is 15.6. The summed E-state index contributed by atoms with van der Waals surface area (Å²) >= 11 is 3.43. The van der Waals surface area contributed by atoms with E-state index in [-0.39, 0.29) is 24.8 Å². The third-order valence-electron chi connectivity index (χ3n) is 5.47. The highest BCUT2D eigenvalue weighted by molar-refractivity contribution is 9.10. The van der Waals surface area contributed by atoms with E-state index >= 15 is 0 Å². The fraction of sp³-hybridized carbons (Fsp3) is 0.120. The Morgan fingerprint density at radius 3 is 2.75 bits per heavy atom. The number of aromatic amines is 1. The van der Waals surface area contributed by atoms with Gasteiger partial charge in [0.25, 0.3) is 5.91 Å². The number of carbonyl (C=O) groups is 2. The summed E-state index contributed by atoms with van der Waals surface area (Å²) in [6.45, 7) is 0.422. The van der Waals surface area contributed by atoms with Gasteiger partial charge in [0.05, 0.1) is 18.7 Å². The van der Waals surface area contributed by atoms with E-state index in [4.69, 9.17) is 4.74 Å². The molecule has 0 atom stereocenters. The molecule has 0 bridgehead atoms. The molecule has 3 aromatic carbocycles. The minimum Gasteiger partial charge on any atom is -0.482 e. The van der Waals surface area contributed by atoms with Crippen LogP contribution >= 0.6 is 15.9 Å². The molecule has 0 unspecified atom stereocenters. The smallest absolute Gasteiger partial charge is 0.265 e. The largest absolute Gasteiger partial charge is 0.482 e. The van der Waals surface area contributed by atoms with Crippen molar-refractivity contribution in [1.29, 1.82) is 0 Å². The number of para-hydroxylation sites is 1. The van der Waals surface area contributed by atoms with E-state index in [0.717, 1.165) is 26.5 Å². The lowest BCUT2D eigenvalue weighted by atomic mass is 10.1. The lowest BCUT2D eigenvalue weighted by Gasteiger charge is -2.30. The first kappa shape index (κ1) is 20.3. The fourth-order valence-corrected chi connectivity index (χ4v) is 4.15. The highest BCUT2D eigenvalue weighted by Gasteiger charge is 2.26. The van der Waals surface area contributed by atoms with Gasteiger partial charge in [-0.25, -0.2) is 0 Å². The van der Waals surface area contributed by atoms with Gasteiger partial charge in [0.1, 0.15) is 5.75 Å². The topological polar surface area (TPSA) is 74.4 Å². The summed E-state index contributed by atoms with van der Waals surface area (Å²) in [5, 5.41) is 3.98. The van der Waals surface area contributed by atoms with Crippen molar-refractivity contribution in [2.24, 2.45) is 0 Å². The maximum Gasteiger partial charge on any atom is 0.265 e. The second-order valence-electron chi connectivity index (χ2n) is 7.66. The van der Waals surface area contributed by atoms with E-state index in [9.17, 15) is 9.59 Å². The van der Waals surface area contributed by atoms with Crippen LogP contribution in [0.4, 0.5) is 11.4 Å². The zero-order chi connectivity index (χ0) is 22.1. The molecule has 0 spiro atoms. The van der Waals surface area contributed by atoms with E-state index in [1.807, 2.05) is 54.7 Å². The number of fused-ring (bicyclic) bond motifs is 2. The number of ether oxygens (including phenoxy) is 1. The first-order valence-electron chi connectivity index (χ1n) is 10.2. The average molecular weight is 490 g/mol. The highest BCUT2D eigenvalue weighted by Crippen LogP contribution is 2.35. The Balaban J connectivity index is 1.36. The molecule has 1 aliphatic rings. The number of amides is 2. The molecule has 160 valence electrons. The summed E-state index contributed by atoms with van der Waals surface area (Å²) in [6, 6.07) is 21.1. The lowest BCUT2D eigenvalue weighted by molar-refractivity contribution is -0.121. The molecular formula is C25H20BrN3O3. The van der Waals surface area contributed by atoms with Crippen LogP contribution in [-0.4, -0.2) is 23.4 Å². The van der Waals surface area contributed by atoms with Gasteiger partial charge in [-0.2, -0.15) is 0 Å². The number of nitrogens with zero attached hydrogens (tertiary/aromatic N) is 1. The fourth-order valence-electron chi connectivity index (χ4n) is 3.88. The van der Waals surface area contributed by atoms with Gasteiger partial charge in [-0.1, -0.05) is 46.3 Å². The van der Waals surface area contributed by atoms with Gasteiger partial charge in [-0.3, -0.25) is 9.59 Å². The monoisotopic (exact) mass is 489 g/mol. The molecule has 2 amide bonds. The van der Waals surface area contributed by atoms with Gasteiger partial charge in [-0.15, -0.1) is 0 Å². The number of nitrogens with one attached hydrogen (secondary N) is 2.